The summed E-state index contributed by atoms with van der Waals surface area (Å²) in [6, 6.07) is 5.82. The number of hydrogen-bond acceptors (Lipinski definition) is 4. The molecule has 0 spiro atoms. The number of carboxylic acids is 1. The number of carboxylic acid groups (broad SMARTS) is 1. The maximum Gasteiger partial charge on any atom is 0.335 e. The zero-order valence-corrected chi connectivity index (χ0v) is 11.9. The fraction of sp³-hybridized carbons (Fsp3) is 0.462. The van der Waals surface area contributed by atoms with Crippen LogP contribution < -0.4 is 4.72 Å². The first-order valence-electron chi connectivity index (χ1n) is 6.17. The van der Waals surface area contributed by atoms with E-state index in [4.69, 9.17) is 9.84 Å². The maximum atomic E-state index is 11.9. The van der Waals surface area contributed by atoms with Gasteiger partial charge in [0, 0.05) is 12.0 Å². The molecule has 20 heavy (non-hydrogen) atoms. The van der Waals surface area contributed by atoms with Gasteiger partial charge in [-0.05, 0) is 17.7 Å². The van der Waals surface area contributed by atoms with Crippen molar-refractivity contribution in [3.05, 3.63) is 35.4 Å². The minimum atomic E-state index is -3.43. The van der Waals surface area contributed by atoms with Gasteiger partial charge in [0.1, 0.15) is 0 Å². The highest BCUT2D eigenvalue weighted by molar-refractivity contribution is 7.88. The van der Waals surface area contributed by atoms with E-state index < -0.39 is 16.0 Å². The number of aromatic carboxylic acids is 1. The van der Waals surface area contributed by atoms with Gasteiger partial charge < -0.3 is 9.84 Å². The van der Waals surface area contributed by atoms with Crippen molar-refractivity contribution in [3.63, 3.8) is 0 Å². The molecule has 0 amide bonds. The average Bonchev–Trinajstić information content (AvgIpc) is 2.34. The number of ether oxygens (including phenoxy) is 1. The Kier molecular flexibility index (Phi) is 4.12. The van der Waals surface area contributed by atoms with Crippen LogP contribution >= 0.6 is 0 Å². The summed E-state index contributed by atoms with van der Waals surface area (Å²) in [4.78, 5) is 10.7. The van der Waals surface area contributed by atoms with Gasteiger partial charge in [-0.2, -0.15) is 0 Å². The van der Waals surface area contributed by atoms with E-state index in [2.05, 4.69) is 4.72 Å². The van der Waals surface area contributed by atoms with Crippen LogP contribution in [0.2, 0.25) is 0 Å². The number of benzene rings is 1. The van der Waals surface area contributed by atoms with Gasteiger partial charge in [0.25, 0.3) is 0 Å². The number of rotatable bonds is 6. The van der Waals surface area contributed by atoms with E-state index in [0.717, 1.165) is 0 Å². The van der Waals surface area contributed by atoms with Gasteiger partial charge in [-0.15, -0.1) is 0 Å². The Hall–Kier alpha value is -1.44. The van der Waals surface area contributed by atoms with Gasteiger partial charge in [0.05, 0.1) is 24.5 Å². The molecule has 0 radical (unpaired) electrons. The second-order valence-corrected chi connectivity index (χ2v) is 7.19. The summed E-state index contributed by atoms with van der Waals surface area (Å²) >= 11 is 0. The van der Waals surface area contributed by atoms with E-state index in [1.54, 1.807) is 0 Å². The zero-order valence-electron chi connectivity index (χ0n) is 11.1. The maximum absolute atomic E-state index is 11.9. The van der Waals surface area contributed by atoms with Crippen molar-refractivity contribution in [3.8, 4) is 0 Å². The third-order valence-electron chi connectivity index (χ3n) is 3.18. The first kappa shape index (κ1) is 15.0. The Bertz CT molecular complexity index is 590. The van der Waals surface area contributed by atoms with Gasteiger partial charge in [-0.25, -0.2) is 17.9 Å². The van der Waals surface area contributed by atoms with Crippen molar-refractivity contribution >= 4 is 16.0 Å². The van der Waals surface area contributed by atoms with E-state index in [0.29, 0.717) is 25.3 Å². The Labute approximate surface area is 117 Å². The molecule has 0 aromatic heterocycles. The molecule has 1 heterocycles. The van der Waals surface area contributed by atoms with Gasteiger partial charge in [-0.3, -0.25) is 0 Å². The fourth-order valence-electron chi connectivity index (χ4n) is 1.85. The zero-order chi connectivity index (χ0) is 14.8. The molecule has 2 rings (SSSR count). The van der Waals surface area contributed by atoms with Gasteiger partial charge >= 0.3 is 5.97 Å². The summed E-state index contributed by atoms with van der Waals surface area (Å²) < 4.78 is 31.5. The lowest BCUT2D eigenvalue weighted by Crippen LogP contribution is -2.48. The van der Waals surface area contributed by atoms with E-state index in [1.165, 1.54) is 24.3 Å². The lowest BCUT2D eigenvalue weighted by Gasteiger charge is -2.37. The van der Waals surface area contributed by atoms with E-state index in [1.807, 2.05) is 6.92 Å². The Balaban J connectivity index is 1.95. The molecule has 6 nitrogen and oxygen atoms in total. The first-order chi connectivity index (χ1) is 9.30. The molecule has 1 fully saturated rings. The predicted molar refractivity (Wildman–Crippen MR) is 73.0 cm³/mol. The summed E-state index contributed by atoms with van der Waals surface area (Å²) in [6.07, 6.45) is 0. The quantitative estimate of drug-likeness (QED) is 0.812. The average molecular weight is 299 g/mol. The topological polar surface area (TPSA) is 92.7 Å². The van der Waals surface area contributed by atoms with Crippen molar-refractivity contribution in [2.24, 2.45) is 5.41 Å². The van der Waals surface area contributed by atoms with Gasteiger partial charge in [0.2, 0.25) is 10.0 Å². The lowest BCUT2D eigenvalue weighted by atomic mass is 9.89. The number of hydrogen-bond donors (Lipinski definition) is 2. The molecule has 1 saturated heterocycles. The SMILES string of the molecule is CC1(CNS(=O)(=O)Cc2ccc(C(=O)O)cc2)COC1. The second-order valence-electron chi connectivity index (χ2n) is 5.39. The molecular formula is C13H17NO5S. The molecule has 0 bridgehead atoms. The minimum absolute atomic E-state index is 0.125. The molecule has 0 aliphatic carbocycles. The summed E-state index contributed by atoms with van der Waals surface area (Å²) in [6.45, 7) is 3.43. The molecule has 1 aromatic rings. The molecule has 1 aliphatic heterocycles. The predicted octanol–water partition coefficient (Wildman–Crippen LogP) is 0.841. The summed E-state index contributed by atoms with van der Waals surface area (Å²) in [5.41, 5.74) is 0.566. The molecule has 2 N–H and O–H groups in total. The highest BCUT2D eigenvalue weighted by Crippen LogP contribution is 2.25. The molecule has 1 aliphatic rings. The van der Waals surface area contributed by atoms with Crippen LogP contribution in [0.1, 0.15) is 22.8 Å². The molecule has 7 heteroatoms. The highest BCUT2D eigenvalue weighted by atomic mass is 32.2. The van der Waals surface area contributed by atoms with Crippen molar-refractivity contribution in [2.75, 3.05) is 19.8 Å². The molecular weight excluding hydrogens is 282 g/mol. The summed E-state index contributed by atoms with van der Waals surface area (Å²) in [7, 11) is -3.43. The Morgan fingerprint density at radius 3 is 2.40 bits per heavy atom. The van der Waals surface area contributed by atoms with Crippen LogP contribution in [0.3, 0.4) is 0 Å². The fourth-order valence-corrected chi connectivity index (χ4v) is 3.15. The molecule has 0 saturated carbocycles. The minimum Gasteiger partial charge on any atom is -0.478 e. The van der Waals surface area contributed by atoms with Crippen molar-refractivity contribution in [2.45, 2.75) is 12.7 Å². The standard InChI is InChI=1S/C13H17NO5S/c1-13(8-19-9-13)7-14-20(17,18)6-10-2-4-11(5-3-10)12(15)16/h2-5,14H,6-9H2,1H3,(H,15,16). The van der Waals surface area contributed by atoms with Crippen molar-refractivity contribution in [1.29, 1.82) is 0 Å². The third-order valence-corrected chi connectivity index (χ3v) is 4.48. The molecule has 0 atom stereocenters. The molecule has 110 valence electrons. The van der Waals surface area contributed by atoms with Crippen LogP contribution in [0, 0.1) is 5.41 Å². The summed E-state index contributed by atoms with van der Waals surface area (Å²) in [5.74, 6) is -1.19. The van der Waals surface area contributed by atoms with Crippen LogP contribution in [-0.4, -0.2) is 39.3 Å². The van der Waals surface area contributed by atoms with Crippen LogP contribution in [0.25, 0.3) is 0 Å². The van der Waals surface area contributed by atoms with Crippen LogP contribution in [0.4, 0.5) is 0 Å². The second kappa shape index (κ2) is 5.51. The first-order valence-corrected chi connectivity index (χ1v) is 7.82. The van der Waals surface area contributed by atoms with Crippen LogP contribution in [0.15, 0.2) is 24.3 Å². The molecule has 1 aromatic carbocycles. The Morgan fingerprint density at radius 1 is 1.35 bits per heavy atom. The van der Waals surface area contributed by atoms with E-state index in [-0.39, 0.29) is 16.7 Å². The largest absolute Gasteiger partial charge is 0.478 e. The normalized spacial score (nSPS) is 17.4. The van der Waals surface area contributed by atoms with Gasteiger partial charge in [-0.1, -0.05) is 19.1 Å². The van der Waals surface area contributed by atoms with Crippen LogP contribution in [-0.2, 0) is 20.5 Å². The molecule has 0 unspecified atom stereocenters. The van der Waals surface area contributed by atoms with Gasteiger partial charge in [0.15, 0.2) is 0 Å². The van der Waals surface area contributed by atoms with E-state index >= 15 is 0 Å². The highest BCUT2D eigenvalue weighted by Gasteiger charge is 2.34. The smallest absolute Gasteiger partial charge is 0.335 e. The van der Waals surface area contributed by atoms with Crippen molar-refractivity contribution in [1.82, 2.24) is 4.72 Å². The number of sulfonamides is 1. The number of carbonyl (C=O) groups is 1. The summed E-state index contributed by atoms with van der Waals surface area (Å²) in [5, 5.41) is 8.77. The van der Waals surface area contributed by atoms with Crippen LogP contribution in [0.5, 0.6) is 0 Å². The Morgan fingerprint density at radius 2 is 1.95 bits per heavy atom. The van der Waals surface area contributed by atoms with E-state index in [9.17, 15) is 13.2 Å². The lowest BCUT2D eigenvalue weighted by molar-refractivity contribution is -0.0965. The van der Waals surface area contributed by atoms with Crippen molar-refractivity contribution < 1.29 is 23.1 Å². The third kappa shape index (κ3) is 3.78. The number of nitrogens with one attached hydrogen (secondary N) is 1. The monoisotopic (exact) mass is 299 g/mol.